The molecule has 0 aliphatic rings. The molecule has 2 aromatic heterocycles. The van der Waals surface area contributed by atoms with Crippen molar-refractivity contribution in [3.05, 3.63) is 64.5 Å². The van der Waals surface area contributed by atoms with E-state index < -0.39 is 5.60 Å². The van der Waals surface area contributed by atoms with Crippen LogP contribution in [0.15, 0.2) is 58.3 Å². The molecule has 0 saturated heterocycles. The Kier molecular flexibility index (Phi) is 8.00. The fraction of sp³-hybridized carbons (Fsp3) is 0.300. The Bertz CT molecular complexity index is 875. The third kappa shape index (κ3) is 5.63. The Labute approximate surface area is 181 Å². The number of fused-ring (bicyclic) bond motifs is 1. The number of nitrogens with one attached hydrogen (secondary N) is 2. The number of aliphatic imine (C=N–C) groups is 1. The summed E-state index contributed by atoms with van der Waals surface area (Å²) in [4.78, 5) is 9.14. The summed E-state index contributed by atoms with van der Waals surface area (Å²) in [7, 11) is 0. The van der Waals surface area contributed by atoms with Crippen molar-refractivity contribution in [2.75, 3.05) is 13.1 Å². The van der Waals surface area contributed by atoms with Crippen molar-refractivity contribution in [3.8, 4) is 0 Å². The molecule has 3 N–H and O–H groups in total. The lowest BCUT2D eigenvalue weighted by molar-refractivity contribution is 0.0621. The number of aliphatic hydroxyl groups is 1. The molecule has 7 heteroatoms. The number of nitrogens with zero attached hydrogens (tertiary/aromatic N) is 2. The number of pyridine rings is 1. The first-order valence-electron chi connectivity index (χ1n) is 8.70. The van der Waals surface area contributed by atoms with E-state index in [0.29, 0.717) is 19.0 Å². The molecule has 3 rings (SSSR count). The molecule has 0 amide bonds. The van der Waals surface area contributed by atoms with Crippen LogP contribution >= 0.6 is 35.3 Å². The van der Waals surface area contributed by atoms with Gasteiger partial charge < -0.3 is 15.7 Å². The highest BCUT2D eigenvalue weighted by Gasteiger charge is 2.23. The number of guanidine groups is 1. The van der Waals surface area contributed by atoms with E-state index in [-0.39, 0.29) is 24.0 Å². The number of hydrogen-bond acceptors (Lipinski definition) is 4. The van der Waals surface area contributed by atoms with Crippen LogP contribution in [0.5, 0.6) is 0 Å². The van der Waals surface area contributed by atoms with Gasteiger partial charge in [-0.2, -0.15) is 11.3 Å². The number of aromatic nitrogens is 1. The summed E-state index contributed by atoms with van der Waals surface area (Å²) in [5, 5.41) is 22.2. The molecule has 144 valence electrons. The molecule has 0 bridgehead atoms. The number of para-hydroxylation sites is 1. The molecule has 1 aromatic carbocycles. The molecular formula is C20H25IN4OS. The summed E-state index contributed by atoms with van der Waals surface area (Å²) in [6, 6.07) is 12.1. The Hall–Kier alpha value is -1.71. The number of halogens is 1. The molecule has 3 aromatic rings. The van der Waals surface area contributed by atoms with Crippen LogP contribution in [0.2, 0.25) is 0 Å². The number of hydrogen-bond donors (Lipinski definition) is 3. The predicted molar refractivity (Wildman–Crippen MR) is 124 cm³/mol. The van der Waals surface area contributed by atoms with Crippen molar-refractivity contribution >= 4 is 52.2 Å². The van der Waals surface area contributed by atoms with Gasteiger partial charge in [0.25, 0.3) is 0 Å². The molecule has 0 saturated carbocycles. The van der Waals surface area contributed by atoms with Crippen molar-refractivity contribution in [1.82, 2.24) is 15.6 Å². The first-order valence-corrected chi connectivity index (χ1v) is 9.64. The van der Waals surface area contributed by atoms with Crippen LogP contribution in [-0.2, 0) is 12.1 Å². The minimum absolute atomic E-state index is 0. The highest BCUT2D eigenvalue weighted by atomic mass is 127. The van der Waals surface area contributed by atoms with Crippen LogP contribution in [-0.4, -0.2) is 29.1 Å². The molecule has 2 heterocycles. The van der Waals surface area contributed by atoms with Crippen LogP contribution in [0, 0.1) is 0 Å². The van der Waals surface area contributed by atoms with E-state index in [1.54, 1.807) is 24.5 Å². The van der Waals surface area contributed by atoms with Crippen LogP contribution < -0.4 is 10.6 Å². The molecule has 0 spiro atoms. The van der Waals surface area contributed by atoms with Gasteiger partial charge in [-0.25, -0.2) is 4.99 Å². The lowest BCUT2D eigenvalue weighted by atomic mass is 9.99. The van der Waals surface area contributed by atoms with E-state index >= 15 is 0 Å². The zero-order valence-electron chi connectivity index (χ0n) is 15.5. The van der Waals surface area contributed by atoms with Gasteiger partial charge in [0.2, 0.25) is 0 Å². The molecule has 0 radical (unpaired) electrons. The molecule has 27 heavy (non-hydrogen) atoms. The fourth-order valence-electron chi connectivity index (χ4n) is 2.73. The Morgan fingerprint density at radius 3 is 2.78 bits per heavy atom. The Morgan fingerprint density at radius 2 is 2.04 bits per heavy atom. The maximum atomic E-state index is 10.7. The van der Waals surface area contributed by atoms with Crippen LogP contribution in [0.1, 0.15) is 25.0 Å². The topological polar surface area (TPSA) is 69.5 Å². The van der Waals surface area contributed by atoms with E-state index in [1.807, 2.05) is 41.9 Å². The zero-order valence-corrected chi connectivity index (χ0v) is 18.6. The van der Waals surface area contributed by atoms with Crippen molar-refractivity contribution in [2.45, 2.75) is 26.0 Å². The lowest BCUT2D eigenvalue weighted by Crippen LogP contribution is -2.44. The summed E-state index contributed by atoms with van der Waals surface area (Å²) in [5.74, 6) is 0.677. The fourth-order valence-corrected chi connectivity index (χ4v) is 3.51. The van der Waals surface area contributed by atoms with Crippen LogP contribution in [0.3, 0.4) is 0 Å². The molecule has 1 unspecified atom stereocenters. The van der Waals surface area contributed by atoms with Gasteiger partial charge in [-0.05, 0) is 47.9 Å². The lowest BCUT2D eigenvalue weighted by Gasteiger charge is -2.24. The van der Waals surface area contributed by atoms with Gasteiger partial charge in [0, 0.05) is 18.1 Å². The van der Waals surface area contributed by atoms with Gasteiger partial charge in [-0.1, -0.05) is 24.3 Å². The quantitative estimate of drug-likeness (QED) is 0.275. The molecule has 0 fully saturated rings. The highest BCUT2D eigenvalue weighted by Crippen LogP contribution is 2.22. The highest BCUT2D eigenvalue weighted by molar-refractivity contribution is 14.0. The van der Waals surface area contributed by atoms with Gasteiger partial charge in [-0.3, -0.25) is 4.98 Å². The normalized spacial score (nSPS) is 13.7. The van der Waals surface area contributed by atoms with Gasteiger partial charge in [0.15, 0.2) is 5.96 Å². The van der Waals surface area contributed by atoms with Crippen molar-refractivity contribution in [2.24, 2.45) is 4.99 Å². The average Bonchev–Trinajstić information content (AvgIpc) is 3.20. The Morgan fingerprint density at radius 1 is 1.22 bits per heavy atom. The third-order valence-corrected chi connectivity index (χ3v) is 4.89. The second-order valence-electron chi connectivity index (χ2n) is 6.33. The molecule has 1 atom stereocenters. The van der Waals surface area contributed by atoms with E-state index in [0.717, 1.165) is 28.6 Å². The minimum atomic E-state index is -0.947. The number of rotatable bonds is 6. The predicted octanol–water partition coefficient (Wildman–Crippen LogP) is 3.88. The van der Waals surface area contributed by atoms with Gasteiger partial charge in [0.05, 0.1) is 18.6 Å². The molecule has 0 aliphatic heterocycles. The average molecular weight is 496 g/mol. The first kappa shape index (κ1) is 21.6. The largest absolute Gasteiger partial charge is 0.384 e. The van der Waals surface area contributed by atoms with Gasteiger partial charge >= 0.3 is 0 Å². The number of thiophene rings is 1. The maximum Gasteiger partial charge on any atom is 0.191 e. The monoisotopic (exact) mass is 496 g/mol. The summed E-state index contributed by atoms with van der Waals surface area (Å²) in [5.41, 5.74) is 2.01. The van der Waals surface area contributed by atoms with Gasteiger partial charge in [0.1, 0.15) is 5.60 Å². The SMILES string of the molecule is CCNC(=NCc1cccc2cccnc12)NCC(C)(O)c1ccsc1.I. The van der Waals surface area contributed by atoms with E-state index in [4.69, 9.17) is 0 Å². The van der Waals surface area contributed by atoms with Crippen molar-refractivity contribution in [3.63, 3.8) is 0 Å². The van der Waals surface area contributed by atoms with E-state index in [9.17, 15) is 5.11 Å². The third-order valence-electron chi connectivity index (χ3n) is 4.21. The van der Waals surface area contributed by atoms with Crippen LogP contribution in [0.4, 0.5) is 0 Å². The maximum absolute atomic E-state index is 10.7. The minimum Gasteiger partial charge on any atom is -0.384 e. The molecule has 5 nitrogen and oxygen atoms in total. The van der Waals surface area contributed by atoms with Crippen LogP contribution in [0.25, 0.3) is 10.9 Å². The zero-order chi connectivity index (χ0) is 18.4. The smallest absolute Gasteiger partial charge is 0.191 e. The van der Waals surface area contributed by atoms with E-state index in [2.05, 4.69) is 32.7 Å². The first-order chi connectivity index (χ1) is 12.6. The molecular weight excluding hydrogens is 471 g/mol. The van der Waals surface area contributed by atoms with Crippen molar-refractivity contribution < 1.29 is 5.11 Å². The van der Waals surface area contributed by atoms with Crippen molar-refractivity contribution in [1.29, 1.82) is 0 Å². The second-order valence-corrected chi connectivity index (χ2v) is 7.11. The standard InChI is InChI=1S/C20H24N4OS.HI/c1-3-21-19(24-14-20(2,25)17-9-11-26-13-17)23-12-16-7-4-6-15-8-5-10-22-18(15)16;/h4-11,13,25H,3,12,14H2,1-2H3,(H2,21,23,24);1H. The Balaban J connectivity index is 0.00000261. The summed E-state index contributed by atoms with van der Waals surface area (Å²) in [6.45, 7) is 5.47. The van der Waals surface area contributed by atoms with E-state index in [1.165, 1.54) is 0 Å². The molecule has 0 aliphatic carbocycles. The summed E-state index contributed by atoms with van der Waals surface area (Å²) < 4.78 is 0. The van der Waals surface area contributed by atoms with Gasteiger partial charge in [-0.15, -0.1) is 24.0 Å². The second kappa shape index (κ2) is 10.0. The summed E-state index contributed by atoms with van der Waals surface area (Å²) in [6.07, 6.45) is 1.80. The summed E-state index contributed by atoms with van der Waals surface area (Å²) >= 11 is 1.58. The number of benzene rings is 1.